The maximum Gasteiger partial charge on any atom is 0.440 e. The number of oxime groups is 1. The summed E-state index contributed by atoms with van der Waals surface area (Å²) in [6.45, 7) is 2.34. The van der Waals surface area contributed by atoms with Gasteiger partial charge in [-0.05, 0) is 26.0 Å². The fraction of sp³-hybridized carbons (Fsp3) is 0.400. The fourth-order valence-corrected chi connectivity index (χ4v) is 1.86. The van der Waals surface area contributed by atoms with Gasteiger partial charge in [0.25, 0.3) is 5.60 Å². The van der Waals surface area contributed by atoms with Crippen LogP contribution in [-0.2, 0) is 20.0 Å². The largest absolute Gasteiger partial charge is 0.463 e. The quantitative estimate of drug-likeness (QED) is 0.357. The van der Waals surface area contributed by atoms with Crippen LogP contribution in [-0.4, -0.2) is 42.2 Å². The first-order chi connectivity index (χ1) is 11.9. The van der Waals surface area contributed by atoms with Gasteiger partial charge in [0.2, 0.25) is 0 Å². The predicted molar refractivity (Wildman–Crippen MR) is 86.9 cm³/mol. The second-order valence-electron chi connectivity index (χ2n) is 4.98. The Hall–Kier alpha value is -2.33. The Kier molecular flexibility index (Phi) is 6.99. The zero-order valence-corrected chi connectivity index (χ0v) is 14.8. The van der Waals surface area contributed by atoms with Gasteiger partial charge in [-0.3, -0.25) is 9.74 Å². The highest BCUT2D eigenvalue weighted by molar-refractivity contribution is 6.64. The highest BCUT2D eigenvalue weighted by Gasteiger charge is 2.62. The Morgan fingerprint density at radius 2 is 1.81 bits per heavy atom. The van der Waals surface area contributed by atoms with Crippen LogP contribution in [0.3, 0.4) is 0 Å². The number of esters is 1. The van der Waals surface area contributed by atoms with E-state index >= 15 is 0 Å². The van der Waals surface area contributed by atoms with E-state index in [2.05, 4.69) is 14.7 Å². The lowest BCUT2D eigenvalue weighted by Crippen LogP contribution is -2.50. The van der Waals surface area contributed by atoms with Crippen LogP contribution in [0.2, 0.25) is 0 Å². The molecule has 0 radical (unpaired) electrons. The third-order valence-corrected chi connectivity index (χ3v) is 3.25. The third-order valence-electron chi connectivity index (χ3n) is 3.18. The van der Waals surface area contributed by atoms with Crippen molar-refractivity contribution in [3.63, 3.8) is 0 Å². The Morgan fingerprint density at radius 1 is 1.27 bits per heavy atom. The molecule has 0 aliphatic carbocycles. The Balaban J connectivity index is 3.15. The summed E-state index contributed by atoms with van der Waals surface area (Å²) in [7, 11) is 1.28. The summed E-state index contributed by atoms with van der Waals surface area (Å²) in [4.78, 5) is 28.8. The van der Waals surface area contributed by atoms with E-state index in [1.54, 1.807) is 0 Å². The van der Waals surface area contributed by atoms with Gasteiger partial charge in [0.15, 0.2) is 0 Å². The van der Waals surface area contributed by atoms with E-state index in [-0.39, 0.29) is 17.5 Å². The van der Waals surface area contributed by atoms with Crippen LogP contribution in [0.25, 0.3) is 0 Å². The van der Waals surface area contributed by atoms with Crippen LogP contribution < -0.4 is 4.90 Å². The lowest BCUT2D eigenvalue weighted by Gasteiger charge is -2.28. The minimum atomic E-state index is -5.31. The van der Waals surface area contributed by atoms with Crippen molar-refractivity contribution in [2.24, 2.45) is 5.16 Å². The van der Waals surface area contributed by atoms with E-state index in [9.17, 15) is 27.9 Å². The number of benzene rings is 1. The number of hydrogen-bond donors (Lipinski definition) is 1. The highest BCUT2D eigenvalue weighted by Crippen LogP contribution is 2.40. The summed E-state index contributed by atoms with van der Waals surface area (Å²) in [5.41, 5.74) is -4.47. The number of hydrogen-bond acceptors (Lipinski definition) is 6. The van der Waals surface area contributed by atoms with Gasteiger partial charge in [-0.15, -0.1) is 0 Å². The van der Waals surface area contributed by atoms with Crippen molar-refractivity contribution in [2.75, 3.05) is 18.6 Å². The van der Waals surface area contributed by atoms with Gasteiger partial charge in [0, 0.05) is 18.3 Å². The smallest absolute Gasteiger partial charge is 0.440 e. The Bertz CT molecular complexity index is 690. The number of rotatable bonds is 5. The molecule has 0 aliphatic heterocycles. The second-order valence-corrected chi connectivity index (χ2v) is 5.53. The van der Waals surface area contributed by atoms with E-state index in [0.29, 0.717) is 0 Å². The molecule has 1 rings (SSSR count). The van der Waals surface area contributed by atoms with Gasteiger partial charge in [0.05, 0.1) is 6.61 Å². The number of carbonyl (C=O) groups is 2. The van der Waals surface area contributed by atoms with Gasteiger partial charge < -0.3 is 9.84 Å². The van der Waals surface area contributed by atoms with Crippen LogP contribution >= 0.6 is 11.6 Å². The van der Waals surface area contributed by atoms with Crippen molar-refractivity contribution in [1.29, 1.82) is 0 Å². The third kappa shape index (κ3) is 4.64. The van der Waals surface area contributed by atoms with Crippen molar-refractivity contribution in [1.82, 2.24) is 0 Å². The summed E-state index contributed by atoms with van der Waals surface area (Å²) < 4.78 is 44.1. The molecule has 1 unspecified atom stereocenters. The van der Waals surface area contributed by atoms with Crippen LogP contribution in [0.15, 0.2) is 29.4 Å². The van der Waals surface area contributed by atoms with Gasteiger partial charge >= 0.3 is 18.2 Å². The van der Waals surface area contributed by atoms with E-state index in [4.69, 9.17) is 11.6 Å². The number of carbonyl (C=O) groups excluding carboxylic acids is 2. The summed E-state index contributed by atoms with van der Waals surface area (Å²) in [5, 5.41) is 13.2. The number of nitrogens with zero attached hydrogens (tertiary/aromatic N) is 2. The first-order valence-electron chi connectivity index (χ1n) is 7.16. The molecule has 1 amide bonds. The van der Waals surface area contributed by atoms with Crippen molar-refractivity contribution < 1.29 is 37.4 Å². The summed E-state index contributed by atoms with van der Waals surface area (Å²) >= 11 is 5.42. The maximum atomic E-state index is 13.3. The minimum absolute atomic E-state index is 0.0354. The number of anilines is 1. The van der Waals surface area contributed by atoms with Crippen LogP contribution in [0.5, 0.6) is 0 Å². The monoisotopic (exact) mass is 396 g/mol. The summed E-state index contributed by atoms with van der Waals surface area (Å²) in [5.74, 6) is -1.85. The van der Waals surface area contributed by atoms with Crippen LogP contribution in [0, 0.1) is 0 Å². The normalized spacial score (nSPS) is 14.4. The number of alkyl halides is 3. The second kappa shape index (κ2) is 8.37. The van der Waals surface area contributed by atoms with Crippen molar-refractivity contribution in [3.05, 3.63) is 29.8 Å². The molecule has 0 saturated carbocycles. The molecule has 11 heteroatoms. The van der Waals surface area contributed by atoms with Gasteiger partial charge in [0.1, 0.15) is 5.17 Å². The highest BCUT2D eigenvalue weighted by atomic mass is 35.5. The average Bonchev–Trinajstić information content (AvgIpc) is 2.57. The van der Waals surface area contributed by atoms with Crippen LogP contribution in [0.1, 0.15) is 19.4 Å². The molecule has 144 valence electrons. The SMILES string of the molecule is CCOC(=O)C(O)(c1ccc(N(C)C(=O)ON=C(C)Cl)cc1)C(F)(F)F. The molecule has 1 N–H and O–H groups in total. The first kappa shape index (κ1) is 21.7. The molecular formula is C15H16ClF3N2O5. The zero-order valence-electron chi connectivity index (χ0n) is 14.0. The molecule has 0 saturated heterocycles. The molecule has 26 heavy (non-hydrogen) atoms. The van der Waals surface area contributed by atoms with E-state index < -0.39 is 29.4 Å². The number of halogens is 4. The molecule has 0 heterocycles. The maximum absolute atomic E-state index is 13.3. The molecule has 7 nitrogen and oxygen atoms in total. The fourth-order valence-electron chi connectivity index (χ4n) is 1.83. The number of aliphatic hydroxyl groups is 1. The van der Waals surface area contributed by atoms with E-state index in [1.807, 2.05) is 0 Å². The zero-order chi connectivity index (χ0) is 20.1. The van der Waals surface area contributed by atoms with E-state index in [1.165, 1.54) is 20.9 Å². The molecule has 0 aromatic heterocycles. The molecule has 0 bridgehead atoms. The van der Waals surface area contributed by atoms with Crippen LogP contribution in [0.4, 0.5) is 23.7 Å². The van der Waals surface area contributed by atoms with Gasteiger partial charge in [-0.25, -0.2) is 9.59 Å². The van der Waals surface area contributed by atoms with Crippen molar-refractivity contribution in [3.8, 4) is 0 Å². The Morgan fingerprint density at radius 3 is 2.23 bits per heavy atom. The van der Waals surface area contributed by atoms with Crippen molar-refractivity contribution in [2.45, 2.75) is 25.6 Å². The standard InChI is InChI=1S/C15H16ClF3N2O5/c1-4-25-12(22)14(24,15(17,18)19)10-5-7-11(8-6-10)21(3)13(23)26-20-9(2)16/h5-8,24H,4H2,1-3H3. The molecule has 0 spiro atoms. The lowest BCUT2D eigenvalue weighted by atomic mass is 9.93. The number of amides is 1. The van der Waals surface area contributed by atoms with Gasteiger partial charge in [-0.2, -0.15) is 13.2 Å². The Labute approximate surface area is 151 Å². The molecule has 1 atom stereocenters. The number of ether oxygens (including phenoxy) is 1. The molecule has 0 aliphatic rings. The van der Waals surface area contributed by atoms with Crippen molar-refractivity contribution >= 4 is 34.5 Å². The minimum Gasteiger partial charge on any atom is -0.463 e. The van der Waals surface area contributed by atoms with Gasteiger partial charge in [-0.1, -0.05) is 28.9 Å². The average molecular weight is 397 g/mol. The molecule has 1 aromatic carbocycles. The molecule has 1 aromatic rings. The van der Waals surface area contributed by atoms with E-state index in [0.717, 1.165) is 29.2 Å². The topological polar surface area (TPSA) is 88.4 Å². The predicted octanol–water partition coefficient (Wildman–Crippen LogP) is 3.14. The summed E-state index contributed by atoms with van der Waals surface area (Å²) in [6, 6.07) is 3.87. The summed E-state index contributed by atoms with van der Waals surface area (Å²) in [6.07, 6.45) is -6.26. The molecular weight excluding hydrogens is 381 g/mol. The molecule has 0 fully saturated rings. The first-order valence-corrected chi connectivity index (χ1v) is 7.54. The lowest BCUT2D eigenvalue weighted by molar-refractivity contribution is -0.267.